The summed E-state index contributed by atoms with van der Waals surface area (Å²) in [6.45, 7) is 4.78. The summed E-state index contributed by atoms with van der Waals surface area (Å²) in [5.74, 6) is 0.394. The minimum atomic E-state index is 0.394. The molecule has 0 aliphatic rings. The maximum atomic E-state index is 9.48. The number of benzene rings is 1. The number of phenolic OH excluding ortho intramolecular Hbond substituents is 1. The summed E-state index contributed by atoms with van der Waals surface area (Å²) in [5.41, 5.74) is 8.98. The van der Waals surface area contributed by atoms with E-state index in [1.807, 2.05) is 13.0 Å². The van der Waals surface area contributed by atoms with Gasteiger partial charge in [0.2, 0.25) is 0 Å². The third-order valence-corrected chi connectivity index (χ3v) is 2.77. The number of hydrogen-bond acceptors (Lipinski definition) is 2. The third-order valence-electron chi connectivity index (χ3n) is 2.77. The lowest BCUT2D eigenvalue weighted by molar-refractivity contribution is 0.470. The van der Waals surface area contributed by atoms with Crippen molar-refractivity contribution >= 4 is 0 Å². The summed E-state index contributed by atoms with van der Waals surface area (Å²) in [6, 6.07) is 3.79. The van der Waals surface area contributed by atoms with Gasteiger partial charge in [-0.2, -0.15) is 0 Å². The molecule has 0 saturated carbocycles. The van der Waals surface area contributed by atoms with Crippen molar-refractivity contribution in [3.05, 3.63) is 28.8 Å². The Kier molecular flexibility index (Phi) is 3.96. The Hall–Kier alpha value is -1.02. The molecule has 0 radical (unpaired) electrons. The molecule has 1 rings (SSSR count). The quantitative estimate of drug-likeness (QED) is 0.721. The van der Waals surface area contributed by atoms with Crippen LogP contribution in [-0.4, -0.2) is 11.7 Å². The summed E-state index contributed by atoms with van der Waals surface area (Å²) in [5, 5.41) is 9.48. The molecule has 2 heteroatoms. The molecule has 0 unspecified atom stereocenters. The minimum absolute atomic E-state index is 0.394. The molecular weight excluding hydrogens is 174 g/mol. The number of nitrogens with two attached hydrogens (primary N) is 1. The monoisotopic (exact) mass is 193 g/mol. The first-order chi connectivity index (χ1) is 6.66. The van der Waals surface area contributed by atoms with E-state index in [1.165, 1.54) is 11.1 Å². The van der Waals surface area contributed by atoms with Gasteiger partial charge in [-0.1, -0.05) is 6.07 Å². The highest BCUT2D eigenvalue weighted by Crippen LogP contribution is 2.23. The van der Waals surface area contributed by atoms with Gasteiger partial charge in [-0.3, -0.25) is 0 Å². The predicted molar refractivity (Wildman–Crippen MR) is 59.6 cm³/mol. The zero-order valence-corrected chi connectivity index (χ0v) is 9.01. The number of unbranched alkanes of at least 4 members (excludes halogenated alkanes) is 1. The molecule has 2 nitrogen and oxygen atoms in total. The van der Waals surface area contributed by atoms with Crippen LogP contribution >= 0.6 is 0 Å². The van der Waals surface area contributed by atoms with E-state index in [9.17, 15) is 5.11 Å². The average molecular weight is 193 g/mol. The maximum absolute atomic E-state index is 9.48. The van der Waals surface area contributed by atoms with Crippen LogP contribution in [0.4, 0.5) is 0 Å². The number of phenols is 1. The van der Waals surface area contributed by atoms with Gasteiger partial charge in [0.25, 0.3) is 0 Å². The fourth-order valence-corrected chi connectivity index (χ4v) is 1.59. The molecule has 0 aromatic heterocycles. The van der Waals surface area contributed by atoms with Crippen LogP contribution in [0.1, 0.15) is 29.5 Å². The Morgan fingerprint density at radius 3 is 2.50 bits per heavy atom. The molecule has 3 N–H and O–H groups in total. The van der Waals surface area contributed by atoms with Crippen LogP contribution in [0.5, 0.6) is 5.75 Å². The van der Waals surface area contributed by atoms with E-state index in [2.05, 4.69) is 6.92 Å². The summed E-state index contributed by atoms with van der Waals surface area (Å²) in [7, 11) is 0. The highest BCUT2D eigenvalue weighted by Gasteiger charge is 2.04. The molecular formula is C12H19NO. The number of aromatic hydroxyl groups is 1. The van der Waals surface area contributed by atoms with Gasteiger partial charge in [-0.15, -0.1) is 0 Å². The fourth-order valence-electron chi connectivity index (χ4n) is 1.59. The van der Waals surface area contributed by atoms with E-state index in [0.29, 0.717) is 5.75 Å². The second-order valence-electron chi connectivity index (χ2n) is 3.74. The first-order valence-electron chi connectivity index (χ1n) is 5.15. The van der Waals surface area contributed by atoms with E-state index in [0.717, 1.165) is 31.4 Å². The summed E-state index contributed by atoms with van der Waals surface area (Å²) >= 11 is 0. The zero-order valence-electron chi connectivity index (χ0n) is 9.01. The van der Waals surface area contributed by atoms with Crippen LogP contribution in [-0.2, 0) is 6.42 Å². The van der Waals surface area contributed by atoms with E-state index in [1.54, 1.807) is 6.07 Å². The van der Waals surface area contributed by atoms with Gasteiger partial charge in [0, 0.05) is 0 Å². The summed E-state index contributed by atoms with van der Waals surface area (Å²) < 4.78 is 0. The first kappa shape index (κ1) is 11.1. The number of hydrogen-bond donors (Lipinski definition) is 2. The van der Waals surface area contributed by atoms with Crippen molar-refractivity contribution < 1.29 is 5.11 Å². The van der Waals surface area contributed by atoms with Crippen LogP contribution in [0.3, 0.4) is 0 Å². The number of rotatable bonds is 4. The fraction of sp³-hybridized carbons (Fsp3) is 0.500. The Morgan fingerprint density at radius 1 is 1.14 bits per heavy atom. The molecule has 14 heavy (non-hydrogen) atoms. The van der Waals surface area contributed by atoms with Crippen molar-refractivity contribution in [1.29, 1.82) is 0 Å². The molecule has 0 heterocycles. The minimum Gasteiger partial charge on any atom is -0.508 e. The maximum Gasteiger partial charge on any atom is 0.118 e. The molecule has 0 aliphatic heterocycles. The largest absolute Gasteiger partial charge is 0.508 e. The third kappa shape index (κ3) is 2.48. The van der Waals surface area contributed by atoms with Gasteiger partial charge < -0.3 is 10.8 Å². The molecule has 0 atom stereocenters. The Labute approximate surface area is 85.8 Å². The van der Waals surface area contributed by atoms with Crippen LogP contribution in [0.25, 0.3) is 0 Å². The molecule has 78 valence electrons. The van der Waals surface area contributed by atoms with Crippen molar-refractivity contribution in [3.8, 4) is 5.75 Å². The first-order valence-corrected chi connectivity index (χ1v) is 5.15. The molecule has 0 bridgehead atoms. The Morgan fingerprint density at radius 2 is 1.86 bits per heavy atom. The van der Waals surface area contributed by atoms with Gasteiger partial charge in [0.1, 0.15) is 5.75 Å². The molecule has 0 saturated heterocycles. The molecule has 0 fully saturated rings. The lowest BCUT2D eigenvalue weighted by Gasteiger charge is -2.09. The topological polar surface area (TPSA) is 46.2 Å². The second kappa shape index (κ2) is 5.01. The lowest BCUT2D eigenvalue weighted by Crippen LogP contribution is -2.00. The van der Waals surface area contributed by atoms with Gasteiger partial charge in [-0.25, -0.2) is 0 Å². The Balaban J connectivity index is 2.73. The van der Waals surface area contributed by atoms with Crippen LogP contribution in [0.15, 0.2) is 12.1 Å². The van der Waals surface area contributed by atoms with Gasteiger partial charge in [-0.05, 0) is 62.4 Å². The summed E-state index contributed by atoms with van der Waals surface area (Å²) in [4.78, 5) is 0. The zero-order chi connectivity index (χ0) is 10.6. The van der Waals surface area contributed by atoms with Crippen LogP contribution in [0, 0.1) is 13.8 Å². The molecule has 1 aromatic rings. The van der Waals surface area contributed by atoms with Gasteiger partial charge in [0.15, 0.2) is 0 Å². The van der Waals surface area contributed by atoms with E-state index in [-0.39, 0.29) is 0 Å². The van der Waals surface area contributed by atoms with Crippen molar-refractivity contribution in [2.75, 3.05) is 6.54 Å². The van der Waals surface area contributed by atoms with Gasteiger partial charge >= 0.3 is 0 Å². The molecule has 0 spiro atoms. The molecule has 1 aromatic carbocycles. The normalized spacial score (nSPS) is 10.5. The van der Waals surface area contributed by atoms with E-state index < -0.39 is 0 Å². The lowest BCUT2D eigenvalue weighted by atomic mass is 9.98. The second-order valence-corrected chi connectivity index (χ2v) is 3.74. The number of aryl methyl sites for hydroxylation is 1. The van der Waals surface area contributed by atoms with Gasteiger partial charge in [0.05, 0.1) is 0 Å². The highest BCUT2D eigenvalue weighted by atomic mass is 16.3. The average Bonchev–Trinajstić information content (AvgIpc) is 2.18. The van der Waals surface area contributed by atoms with Crippen molar-refractivity contribution in [2.45, 2.75) is 33.1 Å². The van der Waals surface area contributed by atoms with Crippen molar-refractivity contribution in [3.63, 3.8) is 0 Å². The van der Waals surface area contributed by atoms with E-state index in [4.69, 9.17) is 5.73 Å². The van der Waals surface area contributed by atoms with E-state index >= 15 is 0 Å². The molecule has 0 aliphatic carbocycles. The standard InChI is InChI=1S/C12H19NO/c1-9-10(2)12(14)7-6-11(9)5-3-4-8-13/h6-7,14H,3-5,8,13H2,1-2H3. The summed E-state index contributed by atoms with van der Waals surface area (Å²) in [6.07, 6.45) is 3.26. The Bertz CT molecular complexity index is 307. The van der Waals surface area contributed by atoms with Crippen molar-refractivity contribution in [2.24, 2.45) is 5.73 Å². The van der Waals surface area contributed by atoms with Crippen LogP contribution in [0.2, 0.25) is 0 Å². The smallest absolute Gasteiger partial charge is 0.118 e. The SMILES string of the molecule is Cc1c(O)ccc(CCCCN)c1C. The van der Waals surface area contributed by atoms with Crippen LogP contribution < -0.4 is 5.73 Å². The predicted octanol–water partition coefficient (Wildman–Crippen LogP) is 2.29. The highest BCUT2D eigenvalue weighted by molar-refractivity contribution is 5.42. The van der Waals surface area contributed by atoms with Crippen molar-refractivity contribution in [1.82, 2.24) is 0 Å². The molecule has 0 amide bonds.